The molecule has 0 N–H and O–H groups in total. The van der Waals surface area contributed by atoms with E-state index in [0.717, 1.165) is 54.5 Å². The van der Waals surface area contributed by atoms with Crippen molar-refractivity contribution in [2.75, 3.05) is 0 Å². The zero-order chi connectivity index (χ0) is 13.4. The van der Waals surface area contributed by atoms with Gasteiger partial charge < -0.3 is 9.94 Å². The summed E-state index contributed by atoms with van der Waals surface area (Å²) in [6, 6.07) is 2.17. The number of rotatable bonds is 1. The van der Waals surface area contributed by atoms with E-state index in [0.29, 0.717) is 5.69 Å². The summed E-state index contributed by atoms with van der Waals surface area (Å²) >= 11 is 0. The van der Waals surface area contributed by atoms with E-state index < -0.39 is 0 Å². The first-order valence-corrected chi connectivity index (χ1v) is 7.11. The van der Waals surface area contributed by atoms with Crippen molar-refractivity contribution in [1.82, 2.24) is 0 Å². The number of pyridine rings is 1. The van der Waals surface area contributed by atoms with E-state index in [1.165, 1.54) is 18.9 Å². The molecule has 3 rings (SSSR count). The smallest absolute Gasteiger partial charge is 0.303 e. The molecule has 0 aromatic carbocycles. The molecule has 0 fully saturated rings. The van der Waals surface area contributed by atoms with Crippen LogP contribution in [0.1, 0.15) is 61.2 Å². The Morgan fingerprint density at radius 1 is 1.26 bits per heavy atom. The van der Waals surface area contributed by atoms with E-state index in [4.69, 9.17) is 4.74 Å². The Labute approximate surface area is 113 Å². The predicted molar refractivity (Wildman–Crippen MR) is 69.5 cm³/mol. The average Bonchev–Trinajstić information content (AvgIpc) is 2.38. The summed E-state index contributed by atoms with van der Waals surface area (Å²) in [5, 5.41) is 12.6. The highest BCUT2D eigenvalue weighted by molar-refractivity contribution is 5.66. The highest BCUT2D eigenvalue weighted by Crippen LogP contribution is 2.33. The molecule has 0 radical (unpaired) electrons. The van der Waals surface area contributed by atoms with Crippen molar-refractivity contribution in [3.8, 4) is 0 Å². The van der Waals surface area contributed by atoms with E-state index in [1.54, 1.807) is 0 Å². The fourth-order valence-corrected chi connectivity index (χ4v) is 3.33. The largest absolute Gasteiger partial charge is 0.618 e. The normalized spacial score (nSPS) is 21.4. The summed E-state index contributed by atoms with van der Waals surface area (Å²) < 4.78 is 6.40. The molecule has 2 aliphatic rings. The Balaban J connectivity index is 2.07. The van der Waals surface area contributed by atoms with Gasteiger partial charge in [-0.05, 0) is 44.6 Å². The molecule has 0 spiro atoms. The van der Waals surface area contributed by atoms with E-state index >= 15 is 0 Å². The SMILES string of the molecule is CC(=O)OC1CCCc2cc3c([n+]([O-])c21)CCCC3. The summed E-state index contributed by atoms with van der Waals surface area (Å²) in [5.41, 5.74) is 3.85. The van der Waals surface area contributed by atoms with Gasteiger partial charge in [-0.1, -0.05) is 0 Å². The van der Waals surface area contributed by atoms with Gasteiger partial charge in [-0.3, -0.25) is 4.79 Å². The molecule has 0 saturated carbocycles. The van der Waals surface area contributed by atoms with Gasteiger partial charge in [0.1, 0.15) is 0 Å². The molecular weight excluding hydrogens is 242 g/mol. The topological polar surface area (TPSA) is 53.2 Å². The third-order valence-electron chi connectivity index (χ3n) is 4.15. The van der Waals surface area contributed by atoms with Crippen molar-refractivity contribution < 1.29 is 14.3 Å². The maximum Gasteiger partial charge on any atom is 0.303 e. The molecule has 0 bridgehead atoms. The number of nitrogens with zero attached hydrogens (tertiary/aromatic N) is 1. The van der Waals surface area contributed by atoms with E-state index in [2.05, 4.69) is 6.07 Å². The molecule has 1 aromatic rings. The Hall–Kier alpha value is -1.58. The number of ether oxygens (including phenoxy) is 1. The van der Waals surface area contributed by atoms with E-state index in [1.807, 2.05) is 0 Å². The molecule has 2 aliphatic carbocycles. The van der Waals surface area contributed by atoms with Crippen molar-refractivity contribution in [3.05, 3.63) is 33.8 Å². The highest BCUT2D eigenvalue weighted by atomic mass is 16.5. The van der Waals surface area contributed by atoms with Crippen LogP contribution in [0.2, 0.25) is 0 Å². The summed E-state index contributed by atoms with van der Waals surface area (Å²) in [4.78, 5) is 11.2. The van der Waals surface area contributed by atoms with Gasteiger partial charge in [0.05, 0.1) is 0 Å². The quantitative estimate of drug-likeness (QED) is 0.442. The molecule has 4 heteroatoms. The first-order chi connectivity index (χ1) is 9.16. The standard InChI is InChI=1S/C15H19NO3/c1-10(17)19-14-8-4-6-12-9-11-5-2-3-7-13(11)16(18)15(12)14/h9,14H,2-8H2,1H3. The molecule has 4 nitrogen and oxygen atoms in total. The number of aromatic nitrogens is 1. The van der Waals surface area contributed by atoms with Crippen LogP contribution in [0.3, 0.4) is 0 Å². The Bertz CT molecular complexity index is 525. The summed E-state index contributed by atoms with van der Waals surface area (Å²) in [6.07, 6.45) is 6.39. The molecule has 1 heterocycles. The number of aryl methyl sites for hydroxylation is 2. The zero-order valence-electron chi connectivity index (χ0n) is 11.3. The molecular formula is C15H19NO3. The van der Waals surface area contributed by atoms with Gasteiger partial charge in [-0.2, -0.15) is 4.73 Å². The molecule has 0 aliphatic heterocycles. The summed E-state index contributed by atoms with van der Waals surface area (Å²) in [7, 11) is 0. The van der Waals surface area contributed by atoms with Crippen molar-refractivity contribution >= 4 is 5.97 Å². The van der Waals surface area contributed by atoms with Crippen LogP contribution in [0, 0.1) is 5.21 Å². The third-order valence-corrected chi connectivity index (χ3v) is 4.15. The number of carbonyl (C=O) groups excluding carboxylic acids is 1. The van der Waals surface area contributed by atoms with E-state index in [-0.39, 0.29) is 12.1 Å². The number of hydrogen-bond acceptors (Lipinski definition) is 3. The lowest BCUT2D eigenvalue weighted by Gasteiger charge is -2.26. The van der Waals surface area contributed by atoms with Crippen LogP contribution in [0.4, 0.5) is 0 Å². The van der Waals surface area contributed by atoms with Gasteiger partial charge in [-0.25, -0.2) is 0 Å². The minimum atomic E-state index is -0.356. The number of carbonyl (C=O) groups is 1. The number of fused-ring (bicyclic) bond motifs is 2. The second kappa shape index (κ2) is 4.83. The van der Waals surface area contributed by atoms with Crippen LogP contribution < -0.4 is 4.73 Å². The van der Waals surface area contributed by atoms with Crippen LogP contribution in [0.25, 0.3) is 0 Å². The van der Waals surface area contributed by atoms with Gasteiger partial charge in [0.15, 0.2) is 11.8 Å². The van der Waals surface area contributed by atoms with Crippen LogP contribution in [0.5, 0.6) is 0 Å². The van der Waals surface area contributed by atoms with Gasteiger partial charge in [0.2, 0.25) is 5.69 Å². The second-order valence-electron chi connectivity index (χ2n) is 5.52. The maximum atomic E-state index is 12.6. The predicted octanol–water partition coefficient (Wildman–Crippen LogP) is 2.14. The highest BCUT2D eigenvalue weighted by Gasteiger charge is 2.34. The summed E-state index contributed by atoms with van der Waals surface area (Å²) in [5.74, 6) is -0.310. The third kappa shape index (κ3) is 2.20. The number of hydrogen-bond donors (Lipinski definition) is 0. The molecule has 19 heavy (non-hydrogen) atoms. The Kier molecular flexibility index (Phi) is 3.17. The van der Waals surface area contributed by atoms with Gasteiger partial charge >= 0.3 is 5.97 Å². The lowest BCUT2D eigenvalue weighted by Crippen LogP contribution is -2.43. The fourth-order valence-electron chi connectivity index (χ4n) is 3.33. The van der Waals surface area contributed by atoms with Crippen molar-refractivity contribution in [2.24, 2.45) is 0 Å². The van der Waals surface area contributed by atoms with Crippen LogP contribution in [-0.4, -0.2) is 5.97 Å². The van der Waals surface area contributed by atoms with Crippen LogP contribution in [-0.2, 0) is 28.8 Å². The first-order valence-electron chi connectivity index (χ1n) is 7.11. The van der Waals surface area contributed by atoms with Gasteiger partial charge in [-0.15, -0.1) is 0 Å². The number of esters is 1. The minimum absolute atomic E-state index is 0.310. The molecule has 1 unspecified atom stereocenters. The second-order valence-corrected chi connectivity index (χ2v) is 5.52. The summed E-state index contributed by atoms with van der Waals surface area (Å²) in [6.45, 7) is 1.40. The van der Waals surface area contributed by atoms with E-state index in [9.17, 15) is 10.0 Å². The maximum absolute atomic E-state index is 12.6. The van der Waals surface area contributed by atoms with Crippen molar-refractivity contribution in [3.63, 3.8) is 0 Å². The minimum Gasteiger partial charge on any atom is -0.618 e. The Morgan fingerprint density at radius 2 is 2.00 bits per heavy atom. The Morgan fingerprint density at radius 3 is 2.79 bits per heavy atom. The first kappa shape index (κ1) is 12.5. The van der Waals surface area contributed by atoms with Crippen molar-refractivity contribution in [2.45, 2.75) is 58.0 Å². The monoisotopic (exact) mass is 261 g/mol. The lowest BCUT2D eigenvalue weighted by molar-refractivity contribution is -0.628. The molecule has 1 atom stereocenters. The molecule has 0 amide bonds. The molecule has 0 saturated heterocycles. The average molecular weight is 261 g/mol. The van der Waals surface area contributed by atoms with Crippen LogP contribution in [0.15, 0.2) is 6.07 Å². The van der Waals surface area contributed by atoms with Gasteiger partial charge in [0, 0.05) is 24.5 Å². The fraction of sp³-hybridized carbons (Fsp3) is 0.600. The van der Waals surface area contributed by atoms with Gasteiger partial charge in [0.25, 0.3) is 0 Å². The molecule has 102 valence electrons. The zero-order valence-corrected chi connectivity index (χ0v) is 11.3. The van der Waals surface area contributed by atoms with Crippen LogP contribution >= 0.6 is 0 Å². The lowest BCUT2D eigenvalue weighted by atomic mass is 9.88. The molecule has 1 aromatic heterocycles. The van der Waals surface area contributed by atoms with Crippen molar-refractivity contribution in [1.29, 1.82) is 0 Å².